The largest absolute Gasteiger partial charge is 0.454 e. The third kappa shape index (κ3) is 2.95. The molecular weight excluding hydrogens is 411 g/mol. The Morgan fingerprint density at radius 1 is 0.875 bits per heavy atom. The Hall–Kier alpha value is -3.19. The summed E-state index contributed by atoms with van der Waals surface area (Å²) in [5.41, 5.74) is 1.96. The van der Waals surface area contributed by atoms with E-state index >= 15 is 0 Å². The molecule has 2 aromatic carbocycles. The normalized spacial score (nSPS) is 17.1. The molecule has 3 heterocycles. The number of carbonyl (C=O) groups is 1. The van der Waals surface area contributed by atoms with Crippen molar-refractivity contribution in [3.8, 4) is 22.8 Å². The zero-order chi connectivity index (χ0) is 21.8. The number of aromatic nitrogens is 1. The fraction of sp³-hybridized carbons (Fsp3) is 0.360. The highest BCUT2D eigenvalue weighted by Gasteiger charge is 2.35. The fourth-order valence-electron chi connectivity index (χ4n) is 5.24. The Balaban J connectivity index is 1.50. The number of hydrogen-bond acceptors (Lipinski definition) is 5. The van der Waals surface area contributed by atoms with E-state index in [9.17, 15) is 14.0 Å². The number of ketones is 1. The van der Waals surface area contributed by atoms with Gasteiger partial charge in [0.25, 0.3) is 5.56 Å². The molecule has 0 N–H and O–H groups in total. The van der Waals surface area contributed by atoms with Crippen LogP contribution in [0.3, 0.4) is 0 Å². The number of ether oxygens (including phenoxy) is 2. The molecule has 7 heteroatoms. The first kappa shape index (κ1) is 19.5. The highest BCUT2D eigenvalue weighted by molar-refractivity contribution is 6.27. The van der Waals surface area contributed by atoms with Crippen molar-refractivity contribution in [2.45, 2.75) is 32.2 Å². The Kier molecular flexibility index (Phi) is 4.54. The first-order chi connectivity index (χ1) is 15.6. The van der Waals surface area contributed by atoms with Crippen molar-refractivity contribution in [3.05, 3.63) is 57.6 Å². The molecule has 0 atom stereocenters. The number of rotatable bonds is 4. The van der Waals surface area contributed by atoms with E-state index in [0.29, 0.717) is 45.8 Å². The van der Waals surface area contributed by atoms with Crippen LogP contribution in [-0.2, 0) is 6.54 Å². The van der Waals surface area contributed by atoms with Gasteiger partial charge in [-0.05, 0) is 63.2 Å². The number of pyridine rings is 1. The van der Waals surface area contributed by atoms with Crippen LogP contribution in [0.2, 0.25) is 0 Å². The van der Waals surface area contributed by atoms with Crippen LogP contribution in [0.5, 0.6) is 11.5 Å². The van der Waals surface area contributed by atoms with E-state index in [1.165, 1.54) is 37.5 Å². The first-order valence-electron chi connectivity index (χ1n) is 11.2. The minimum atomic E-state index is -0.488. The number of hydrogen-bond donors (Lipinski definition) is 0. The summed E-state index contributed by atoms with van der Waals surface area (Å²) < 4.78 is 26.7. The van der Waals surface area contributed by atoms with Crippen molar-refractivity contribution in [2.75, 3.05) is 26.4 Å². The maximum Gasteiger partial charge on any atom is 0.259 e. The summed E-state index contributed by atoms with van der Waals surface area (Å²) in [5.74, 6) is 0.433. The molecule has 0 saturated carbocycles. The van der Waals surface area contributed by atoms with Gasteiger partial charge in [-0.15, -0.1) is 0 Å². The number of nitrogens with zero attached hydrogens (tertiary/aromatic N) is 2. The van der Waals surface area contributed by atoms with Gasteiger partial charge in [0.05, 0.1) is 16.6 Å². The van der Waals surface area contributed by atoms with Gasteiger partial charge in [0.15, 0.2) is 17.3 Å². The molecule has 1 aliphatic carbocycles. The maximum atomic E-state index is 14.0. The third-order valence-electron chi connectivity index (χ3n) is 6.78. The summed E-state index contributed by atoms with van der Waals surface area (Å²) in [7, 11) is 0. The molecule has 1 saturated heterocycles. The van der Waals surface area contributed by atoms with Crippen molar-refractivity contribution in [2.24, 2.45) is 0 Å². The number of piperidine rings is 1. The van der Waals surface area contributed by atoms with Crippen LogP contribution in [0.15, 0.2) is 35.1 Å². The van der Waals surface area contributed by atoms with Crippen LogP contribution < -0.4 is 15.0 Å². The average molecular weight is 434 g/mol. The van der Waals surface area contributed by atoms with Gasteiger partial charge in [-0.3, -0.25) is 9.59 Å². The molecule has 6 nitrogen and oxygen atoms in total. The molecule has 1 fully saturated rings. The first-order valence-corrected chi connectivity index (χ1v) is 11.2. The minimum absolute atomic E-state index is 0.110. The maximum absolute atomic E-state index is 14.0. The summed E-state index contributed by atoms with van der Waals surface area (Å²) >= 11 is 0. The molecule has 0 radical (unpaired) electrons. The molecule has 6 rings (SSSR count). The number of fused-ring (bicyclic) bond motifs is 6. The van der Waals surface area contributed by atoms with Gasteiger partial charge in [-0.25, -0.2) is 4.39 Å². The second kappa shape index (κ2) is 7.45. The molecule has 164 valence electrons. The Bertz CT molecular complexity index is 1320. The monoisotopic (exact) mass is 434 g/mol. The van der Waals surface area contributed by atoms with Crippen LogP contribution in [-0.4, -0.2) is 41.7 Å². The van der Waals surface area contributed by atoms with Gasteiger partial charge < -0.3 is 18.9 Å². The van der Waals surface area contributed by atoms with Gasteiger partial charge in [0.1, 0.15) is 5.82 Å². The summed E-state index contributed by atoms with van der Waals surface area (Å²) in [5, 5.41) is 0.727. The summed E-state index contributed by atoms with van der Waals surface area (Å²) in [6, 6.07) is 7.55. The highest BCUT2D eigenvalue weighted by Crippen LogP contribution is 2.45. The van der Waals surface area contributed by atoms with Crippen LogP contribution in [0.25, 0.3) is 22.0 Å². The van der Waals surface area contributed by atoms with Crippen molar-refractivity contribution in [1.29, 1.82) is 0 Å². The summed E-state index contributed by atoms with van der Waals surface area (Å²) in [4.78, 5) is 29.4. The predicted octanol–water partition coefficient (Wildman–Crippen LogP) is 3.96. The standard InChI is InChI=1S/C25H23FN2O4/c26-15-5-6-16-19(11-15)25(30)28(10-4-9-27-7-2-1-3-8-27)23-17-12-20-21(32-14-31-20)13-18(17)24(29)22(16)23/h5-6,11-13H,1-4,7-10,14H2. The minimum Gasteiger partial charge on any atom is -0.454 e. The van der Waals surface area contributed by atoms with E-state index in [1.54, 1.807) is 16.7 Å². The average Bonchev–Trinajstić information content (AvgIpc) is 3.38. The molecule has 2 aliphatic heterocycles. The van der Waals surface area contributed by atoms with Gasteiger partial charge >= 0.3 is 0 Å². The van der Waals surface area contributed by atoms with Gasteiger partial charge in [0, 0.05) is 23.1 Å². The predicted molar refractivity (Wildman–Crippen MR) is 118 cm³/mol. The summed E-state index contributed by atoms with van der Waals surface area (Å²) in [6.45, 7) is 3.63. The summed E-state index contributed by atoms with van der Waals surface area (Å²) in [6.07, 6.45) is 4.47. The van der Waals surface area contributed by atoms with Gasteiger partial charge in [0.2, 0.25) is 6.79 Å². The second-order valence-electron chi connectivity index (χ2n) is 8.71. The van der Waals surface area contributed by atoms with E-state index in [4.69, 9.17) is 9.47 Å². The van der Waals surface area contributed by atoms with E-state index < -0.39 is 5.82 Å². The Morgan fingerprint density at radius 3 is 2.41 bits per heavy atom. The van der Waals surface area contributed by atoms with Crippen molar-refractivity contribution in [1.82, 2.24) is 9.47 Å². The van der Waals surface area contributed by atoms with Crippen LogP contribution in [0.1, 0.15) is 41.6 Å². The lowest BCUT2D eigenvalue weighted by molar-refractivity contribution is 0.104. The number of likely N-dealkylation sites (tertiary alicyclic amines) is 1. The van der Waals surface area contributed by atoms with Crippen molar-refractivity contribution in [3.63, 3.8) is 0 Å². The van der Waals surface area contributed by atoms with E-state index in [0.717, 1.165) is 26.1 Å². The van der Waals surface area contributed by atoms with E-state index in [1.807, 2.05) is 0 Å². The van der Waals surface area contributed by atoms with Gasteiger partial charge in [-0.1, -0.05) is 12.5 Å². The lowest BCUT2D eigenvalue weighted by Gasteiger charge is -2.26. The molecule has 0 spiro atoms. The molecule has 3 aliphatic rings. The molecular formula is C25H23FN2O4. The van der Waals surface area contributed by atoms with Crippen LogP contribution in [0, 0.1) is 5.82 Å². The number of halogens is 1. The molecule has 1 aromatic heterocycles. The van der Waals surface area contributed by atoms with E-state index in [-0.39, 0.29) is 23.5 Å². The SMILES string of the molecule is O=C1c2cc3c(cc2-c2c1c1ccc(F)cc1c(=O)n2CCCN1CCCCC1)OCO3. The third-order valence-corrected chi connectivity index (χ3v) is 6.78. The second-order valence-corrected chi connectivity index (χ2v) is 8.71. The molecule has 32 heavy (non-hydrogen) atoms. The Morgan fingerprint density at radius 2 is 1.62 bits per heavy atom. The number of carbonyl (C=O) groups excluding carboxylic acids is 1. The zero-order valence-electron chi connectivity index (χ0n) is 17.7. The Labute approximate surface area is 184 Å². The molecule has 3 aromatic rings. The number of benzene rings is 2. The quantitative estimate of drug-likeness (QED) is 0.487. The van der Waals surface area contributed by atoms with Crippen LogP contribution >= 0.6 is 0 Å². The van der Waals surface area contributed by atoms with Gasteiger partial charge in [-0.2, -0.15) is 0 Å². The van der Waals surface area contributed by atoms with Crippen LogP contribution in [0.4, 0.5) is 4.39 Å². The molecule has 0 unspecified atom stereocenters. The van der Waals surface area contributed by atoms with Crippen molar-refractivity contribution < 1.29 is 18.7 Å². The van der Waals surface area contributed by atoms with Crippen molar-refractivity contribution >= 4 is 16.6 Å². The van der Waals surface area contributed by atoms with E-state index in [2.05, 4.69) is 4.90 Å². The smallest absolute Gasteiger partial charge is 0.259 e. The highest BCUT2D eigenvalue weighted by atomic mass is 19.1. The molecule has 0 bridgehead atoms. The molecule has 0 amide bonds. The zero-order valence-corrected chi connectivity index (χ0v) is 17.7. The fourth-order valence-corrected chi connectivity index (χ4v) is 5.24. The topological polar surface area (TPSA) is 60.8 Å². The lowest BCUT2D eigenvalue weighted by Crippen LogP contribution is -2.32. The lowest BCUT2D eigenvalue weighted by atomic mass is 10.0.